The van der Waals surface area contributed by atoms with E-state index in [2.05, 4.69) is 32.3 Å². The van der Waals surface area contributed by atoms with Gasteiger partial charge in [0.2, 0.25) is 0 Å². The molecule has 0 unspecified atom stereocenters. The molecule has 2 aliphatic rings. The molecule has 0 spiro atoms. The summed E-state index contributed by atoms with van der Waals surface area (Å²) in [5, 5.41) is 4.28. The van der Waals surface area contributed by atoms with Gasteiger partial charge < -0.3 is 5.32 Å². The van der Waals surface area contributed by atoms with Gasteiger partial charge in [-0.2, -0.15) is 0 Å². The lowest BCUT2D eigenvalue weighted by Gasteiger charge is -2.25. The van der Waals surface area contributed by atoms with Gasteiger partial charge in [-0.15, -0.1) is 0 Å². The van der Waals surface area contributed by atoms with Gasteiger partial charge in [0.1, 0.15) is 4.60 Å². The van der Waals surface area contributed by atoms with Crippen molar-refractivity contribution in [3.63, 3.8) is 0 Å². The number of nitrogens with one attached hydrogen (secondary N) is 1. The van der Waals surface area contributed by atoms with Crippen LogP contribution in [0.3, 0.4) is 0 Å². The van der Waals surface area contributed by atoms with Gasteiger partial charge in [0.05, 0.1) is 5.02 Å². The molecule has 1 aromatic heterocycles. The highest BCUT2D eigenvalue weighted by molar-refractivity contribution is 9.10. The summed E-state index contributed by atoms with van der Waals surface area (Å²) in [5.74, 6) is 0.696. The molecule has 2 atom stereocenters. The number of pyridine rings is 1. The van der Waals surface area contributed by atoms with Crippen LogP contribution in [0.1, 0.15) is 24.8 Å². The fraction of sp³-hybridized carbons (Fsp3) is 0.462. The summed E-state index contributed by atoms with van der Waals surface area (Å²) in [4.78, 5) is 4.26. The Morgan fingerprint density at radius 1 is 1.47 bits per heavy atom. The third-order valence-corrected chi connectivity index (χ3v) is 4.81. The fourth-order valence-corrected chi connectivity index (χ4v) is 3.16. The molecule has 0 aromatic carbocycles. The predicted octanol–water partition coefficient (Wildman–Crippen LogP) is 3.65. The van der Waals surface area contributed by atoms with Crippen molar-refractivity contribution in [1.29, 1.82) is 0 Å². The molecule has 1 aliphatic carbocycles. The largest absolute Gasteiger partial charge is 0.313 e. The maximum absolute atomic E-state index is 6.09. The van der Waals surface area contributed by atoms with E-state index in [-0.39, 0.29) is 0 Å². The number of halogens is 2. The first kappa shape index (κ1) is 11.7. The second-order valence-corrected chi connectivity index (χ2v) is 5.92. The van der Waals surface area contributed by atoms with E-state index in [0.29, 0.717) is 17.0 Å². The number of hydrogen-bond acceptors (Lipinski definition) is 2. The molecular formula is C13H14BrClN2. The summed E-state index contributed by atoms with van der Waals surface area (Å²) < 4.78 is 0.719. The Balaban J connectivity index is 1.87. The number of hydrogen-bond donors (Lipinski definition) is 1. The van der Waals surface area contributed by atoms with Gasteiger partial charge in [-0.05, 0) is 64.9 Å². The summed E-state index contributed by atoms with van der Waals surface area (Å²) in [6.45, 7) is 1.15. The van der Waals surface area contributed by atoms with E-state index in [1.54, 1.807) is 0 Å². The third kappa shape index (κ3) is 2.28. The molecular weight excluding hydrogens is 300 g/mol. The molecule has 4 heteroatoms. The molecule has 1 saturated heterocycles. The summed E-state index contributed by atoms with van der Waals surface area (Å²) in [5.41, 5.74) is 2.55. The van der Waals surface area contributed by atoms with Crippen LogP contribution in [0.4, 0.5) is 0 Å². The Labute approximate surface area is 115 Å². The van der Waals surface area contributed by atoms with Crippen LogP contribution in [-0.2, 0) is 0 Å². The molecule has 1 N–H and O–H groups in total. The van der Waals surface area contributed by atoms with Crippen LogP contribution in [-0.4, -0.2) is 17.6 Å². The average molecular weight is 314 g/mol. The van der Waals surface area contributed by atoms with Crippen LogP contribution >= 0.6 is 27.5 Å². The van der Waals surface area contributed by atoms with Crippen molar-refractivity contribution in [2.24, 2.45) is 5.92 Å². The molecule has 17 heavy (non-hydrogen) atoms. The minimum atomic E-state index is 0.626. The summed E-state index contributed by atoms with van der Waals surface area (Å²) >= 11 is 9.42. The van der Waals surface area contributed by atoms with E-state index in [9.17, 15) is 0 Å². The molecule has 90 valence electrons. The third-order valence-electron chi connectivity index (χ3n) is 3.66. The van der Waals surface area contributed by atoms with Gasteiger partial charge in [-0.1, -0.05) is 17.7 Å². The zero-order valence-corrected chi connectivity index (χ0v) is 11.8. The maximum atomic E-state index is 6.09. The summed E-state index contributed by atoms with van der Waals surface area (Å²) in [7, 11) is 0. The van der Waals surface area contributed by atoms with Crippen LogP contribution < -0.4 is 5.32 Å². The van der Waals surface area contributed by atoms with E-state index in [4.69, 9.17) is 11.6 Å². The van der Waals surface area contributed by atoms with Crippen LogP contribution in [0.2, 0.25) is 5.02 Å². The molecule has 0 amide bonds. The number of fused-ring (bicyclic) bond motifs is 1. The zero-order valence-electron chi connectivity index (χ0n) is 9.42. The topological polar surface area (TPSA) is 24.9 Å². The minimum absolute atomic E-state index is 0.626. The smallest absolute Gasteiger partial charge is 0.124 e. The van der Waals surface area contributed by atoms with E-state index in [0.717, 1.165) is 23.1 Å². The first-order valence-corrected chi connectivity index (χ1v) is 7.16. The van der Waals surface area contributed by atoms with E-state index in [1.807, 2.05) is 12.3 Å². The fourth-order valence-electron chi connectivity index (χ4n) is 2.78. The van der Waals surface area contributed by atoms with Crippen molar-refractivity contribution in [1.82, 2.24) is 10.3 Å². The van der Waals surface area contributed by atoms with Crippen molar-refractivity contribution in [2.75, 3.05) is 6.54 Å². The molecule has 1 aliphatic heterocycles. The Hall–Kier alpha value is -0.380. The summed E-state index contributed by atoms with van der Waals surface area (Å²) in [6, 6.07) is 2.63. The maximum Gasteiger partial charge on any atom is 0.124 e. The van der Waals surface area contributed by atoms with Crippen molar-refractivity contribution >= 4 is 33.1 Å². The van der Waals surface area contributed by atoms with Gasteiger partial charge in [-0.25, -0.2) is 4.98 Å². The van der Waals surface area contributed by atoms with Crippen molar-refractivity contribution in [3.8, 4) is 0 Å². The first-order valence-electron chi connectivity index (χ1n) is 5.99. The highest BCUT2D eigenvalue weighted by atomic mass is 79.9. The lowest BCUT2D eigenvalue weighted by atomic mass is 9.94. The highest BCUT2D eigenvalue weighted by Crippen LogP contribution is 2.37. The summed E-state index contributed by atoms with van der Waals surface area (Å²) in [6.07, 6.45) is 7.99. The second-order valence-electron chi connectivity index (χ2n) is 4.76. The molecule has 1 fully saturated rings. The van der Waals surface area contributed by atoms with Crippen molar-refractivity contribution in [3.05, 3.63) is 33.5 Å². The van der Waals surface area contributed by atoms with Crippen molar-refractivity contribution < 1.29 is 0 Å². The molecule has 0 radical (unpaired) electrons. The molecule has 3 rings (SSSR count). The quantitative estimate of drug-likeness (QED) is 0.801. The molecule has 2 heterocycles. The highest BCUT2D eigenvalue weighted by Gasteiger charge is 2.29. The van der Waals surface area contributed by atoms with Gasteiger partial charge in [0.15, 0.2) is 0 Å². The molecule has 0 bridgehead atoms. The van der Waals surface area contributed by atoms with E-state index >= 15 is 0 Å². The predicted molar refractivity (Wildman–Crippen MR) is 74.1 cm³/mol. The van der Waals surface area contributed by atoms with E-state index < -0.39 is 0 Å². The van der Waals surface area contributed by atoms with Gasteiger partial charge >= 0.3 is 0 Å². The Morgan fingerprint density at radius 3 is 3.12 bits per heavy atom. The molecule has 0 saturated carbocycles. The van der Waals surface area contributed by atoms with Crippen LogP contribution in [0.15, 0.2) is 22.9 Å². The van der Waals surface area contributed by atoms with Crippen molar-refractivity contribution in [2.45, 2.75) is 25.3 Å². The first-order chi connectivity index (χ1) is 8.24. The van der Waals surface area contributed by atoms with Gasteiger partial charge in [-0.3, -0.25) is 0 Å². The SMILES string of the molecule is Clc1cc(C2=C[C@H]3CCCN[C@H]3C2)cnc1Br. The number of piperidine rings is 1. The van der Waals surface area contributed by atoms with Gasteiger partial charge in [0.25, 0.3) is 0 Å². The van der Waals surface area contributed by atoms with Gasteiger partial charge in [0, 0.05) is 12.2 Å². The monoisotopic (exact) mass is 312 g/mol. The molecule has 2 nitrogen and oxygen atoms in total. The Morgan fingerprint density at radius 2 is 2.35 bits per heavy atom. The Kier molecular flexibility index (Phi) is 3.24. The molecule has 1 aromatic rings. The lowest BCUT2D eigenvalue weighted by molar-refractivity contribution is 0.348. The lowest BCUT2D eigenvalue weighted by Crippen LogP contribution is -2.37. The standard InChI is InChI=1S/C13H14BrClN2/c14-13-11(15)5-10(7-17-13)9-4-8-2-1-3-16-12(8)6-9/h4-5,7-8,12,16H,1-3,6H2/t8-,12+/m1/s1. The number of rotatable bonds is 1. The van der Waals surface area contributed by atoms with Crippen LogP contribution in [0.25, 0.3) is 5.57 Å². The number of aromatic nitrogens is 1. The second kappa shape index (κ2) is 4.71. The Bertz CT molecular complexity index is 472. The van der Waals surface area contributed by atoms with E-state index in [1.165, 1.54) is 18.4 Å². The average Bonchev–Trinajstić information content (AvgIpc) is 2.76. The minimum Gasteiger partial charge on any atom is -0.313 e. The van der Waals surface area contributed by atoms with Crippen LogP contribution in [0.5, 0.6) is 0 Å². The van der Waals surface area contributed by atoms with Crippen LogP contribution in [0, 0.1) is 5.92 Å². The normalized spacial score (nSPS) is 27.8. The zero-order chi connectivity index (χ0) is 11.8. The number of nitrogens with zero attached hydrogens (tertiary/aromatic N) is 1.